The number of nitrogens with zero attached hydrogens (tertiary/aromatic N) is 3. The van der Waals surface area contributed by atoms with Gasteiger partial charge in [0.05, 0.1) is 16.9 Å². The Morgan fingerprint density at radius 1 is 1.14 bits per heavy atom. The molecular weight excluding hydrogens is 479 g/mol. The lowest BCUT2D eigenvalue weighted by molar-refractivity contribution is -0.384. The van der Waals surface area contributed by atoms with Crippen molar-refractivity contribution in [3.05, 3.63) is 70.0 Å². The van der Waals surface area contributed by atoms with Gasteiger partial charge in [0, 0.05) is 24.7 Å². The molecule has 0 aliphatic rings. The van der Waals surface area contributed by atoms with E-state index in [1.165, 1.54) is 54.3 Å². The van der Waals surface area contributed by atoms with Crippen molar-refractivity contribution in [3.8, 4) is 0 Å². The Labute approximate surface area is 203 Å². The molecule has 35 heavy (non-hydrogen) atoms. The third-order valence-electron chi connectivity index (χ3n) is 5.44. The molecule has 1 N–H and O–H groups in total. The maximum absolute atomic E-state index is 13.4. The third kappa shape index (κ3) is 7.74. The topological polar surface area (TPSA) is 130 Å². The van der Waals surface area contributed by atoms with Gasteiger partial charge in [-0.2, -0.15) is 0 Å². The second-order valence-electron chi connectivity index (χ2n) is 8.19. The molecule has 2 unspecified atom stereocenters. The minimum absolute atomic E-state index is 0.0616. The first-order valence-corrected chi connectivity index (χ1v) is 12.7. The van der Waals surface area contributed by atoms with Crippen LogP contribution in [0.4, 0.5) is 15.8 Å². The van der Waals surface area contributed by atoms with Crippen molar-refractivity contribution in [2.24, 2.45) is 0 Å². The number of nitrogens with one attached hydrogen (secondary N) is 1. The predicted octanol–water partition coefficient (Wildman–Crippen LogP) is 2.83. The van der Waals surface area contributed by atoms with Gasteiger partial charge >= 0.3 is 0 Å². The summed E-state index contributed by atoms with van der Waals surface area (Å²) in [4.78, 5) is 37.9. The Hall–Kier alpha value is -3.54. The fraction of sp³-hybridized carbons (Fsp3) is 0.391. The molecule has 10 nitrogen and oxygen atoms in total. The molecule has 12 heteroatoms. The fourth-order valence-corrected chi connectivity index (χ4v) is 4.05. The van der Waals surface area contributed by atoms with Crippen molar-refractivity contribution in [2.75, 3.05) is 17.1 Å². The normalized spacial score (nSPS) is 12.9. The number of sulfonamides is 1. The Bertz CT molecular complexity index is 1170. The molecule has 0 bridgehead atoms. The maximum atomic E-state index is 13.4. The first-order valence-electron chi connectivity index (χ1n) is 10.9. The van der Waals surface area contributed by atoms with E-state index in [1.807, 2.05) is 13.8 Å². The number of carbonyl (C=O) groups excluding carboxylic acids is 2. The fourth-order valence-electron chi connectivity index (χ4n) is 3.21. The van der Waals surface area contributed by atoms with Crippen LogP contribution >= 0.6 is 0 Å². The standard InChI is InChI=1S/C23H29FN4O6S/c1-5-16(2)25-23(30)17(3)26(14-18-9-11-19(24)12-10-18)22(29)15-27(35(4,33)34)20-7-6-8-21(13-20)28(31)32/h6-13,16-17H,5,14-15H2,1-4H3,(H,25,30). The predicted molar refractivity (Wildman–Crippen MR) is 130 cm³/mol. The summed E-state index contributed by atoms with van der Waals surface area (Å²) < 4.78 is 39.2. The van der Waals surface area contributed by atoms with Gasteiger partial charge in [-0.1, -0.05) is 25.1 Å². The van der Waals surface area contributed by atoms with Crippen LogP contribution < -0.4 is 9.62 Å². The first-order chi connectivity index (χ1) is 16.3. The second-order valence-corrected chi connectivity index (χ2v) is 10.1. The van der Waals surface area contributed by atoms with Gasteiger partial charge in [-0.15, -0.1) is 0 Å². The molecule has 0 aromatic heterocycles. The number of nitro benzene ring substituents is 1. The number of amides is 2. The van der Waals surface area contributed by atoms with Crippen LogP contribution in [0.1, 0.15) is 32.8 Å². The molecule has 0 saturated carbocycles. The van der Waals surface area contributed by atoms with Gasteiger partial charge < -0.3 is 10.2 Å². The van der Waals surface area contributed by atoms with Crippen LogP contribution in [0.2, 0.25) is 0 Å². The highest BCUT2D eigenvalue weighted by molar-refractivity contribution is 7.92. The van der Waals surface area contributed by atoms with Crippen LogP contribution in [0, 0.1) is 15.9 Å². The Morgan fingerprint density at radius 2 is 1.77 bits per heavy atom. The van der Waals surface area contributed by atoms with E-state index in [9.17, 15) is 32.5 Å². The van der Waals surface area contributed by atoms with Gasteiger partial charge in [-0.3, -0.25) is 24.0 Å². The van der Waals surface area contributed by atoms with Crippen LogP contribution in [0.5, 0.6) is 0 Å². The summed E-state index contributed by atoms with van der Waals surface area (Å²) in [5.74, 6) is -1.61. The number of non-ortho nitro benzene ring substituents is 1. The molecule has 2 rings (SSSR count). The number of hydrogen-bond acceptors (Lipinski definition) is 6. The molecule has 0 radical (unpaired) electrons. The molecule has 2 amide bonds. The monoisotopic (exact) mass is 508 g/mol. The van der Waals surface area contributed by atoms with Gasteiger partial charge in [0.15, 0.2) is 0 Å². The molecule has 0 heterocycles. The summed E-state index contributed by atoms with van der Waals surface area (Å²) >= 11 is 0. The number of rotatable bonds is 11. The Balaban J connectivity index is 2.41. The van der Waals surface area contributed by atoms with Crippen molar-refractivity contribution in [3.63, 3.8) is 0 Å². The summed E-state index contributed by atoms with van der Waals surface area (Å²) in [5.41, 5.74) is 0.130. The van der Waals surface area contributed by atoms with Crippen molar-refractivity contribution >= 4 is 33.2 Å². The lowest BCUT2D eigenvalue weighted by Gasteiger charge is -2.32. The van der Waals surface area contributed by atoms with Crippen LogP contribution in [0.3, 0.4) is 0 Å². The van der Waals surface area contributed by atoms with Gasteiger partial charge in [0.2, 0.25) is 21.8 Å². The molecule has 0 saturated heterocycles. The van der Waals surface area contributed by atoms with E-state index in [-0.39, 0.29) is 24.0 Å². The number of benzene rings is 2. The molecular formula is C23H29FN4O6S. The molecule has 2 aromatic carbocycles. The molecule has 0 aliphatic heterocycles. The Kier molecular flexibility index (Phi) is 9.29. The largest absolute Gasteiger partial charge is 0.352 e. The van der Waals surface area contributed by atoms with Gasteiger partial charge in [-0.05, 0) is 44.0 Å². The number of hydrogen-bond donors (Lipinski definition) is 1. The molecule has 190 valence electrons. The first kappa shape index (κ1) is 27.7. The van der Waals surface area contributed by atoms with Gasteiger partial charge in [-0.25, -0.2) is 12.8 Å². The smallest absolute Gasteiger partial charge is 0.271 e. The summed E-state index contributed by atoms with van der Waals surface area (Å²) in [6.07, 6.45) is 1.54. The van der Waals surface area contributed by atoms with E-state index >= 15 is 0 Å². The summed E-state index contributed by atoms with van der Waals surface area (Å²) in [6, 6.07) is 9.14. The second kappa shape index (κ2) is 11.7. The van der Waals surface area contributed by atoms with Crippen molar-refractivity contribution in [1.82, 2.24) is 10.2 Å². The minimum atomic E-state index is -4.02. The van der Waals surface area contributed by atoms with Crippen molar-refractivity contribution < 1.29 is 27.3 Å². The zero-order valence-corrected chi connectivity index (χ0v) is 20.8. The lowest BCUT2D eigenvalue weighted by Crippen LogP contribution is -2.52. The Morgan fingerprint density at radius 3 is 2.31 bits per heavy atom. The van der Waals surface area contributed by atoms with Crippen LogP contribution in [-0.4, -0.2) is 54.9 Å². The average molecular weight is 509 g/mol. The van der Waals surface area contributed by atoms with Crippen LogP contribution in [0.25, 0.3) is 0 Å². The number of anilines is 1. The highest BCUT2D eigenvalue weighted by Crippen LogP contribution is 2.24. The molecule has 0 fully saturated rings. The van der Waals surface area contributed by atoms with E-state index in [0.29, 0.717) is 12.0 Å². The number of halogens is 1. The van der Waals surface area contributed by atoms with Crippen molar-refractivity contribution in [1.29, 1.82) is 0 Å². The van der Waals surface area contributed by atoms with E-state index in [4.69, 9.17) is 0 Å². The molecule has 0 aliphatic carbocycles. The van der Waals surface area contributed by atoms with Gasteiger partial charge in [0.25, 0.3) is 5.69 Å². The maximum Gasteiger partial charge on any atom is 0.271 e. The van der Waals surface area contributed by atoms with Gasteiger partial charge in [0.1, 0.15) is 18.4 Å². The number of carbonyl (C=O) groups is 2. The van der Waals surface area contributed by atoms with E-state index in [0.717, 1.165) is 16.6 Å². The third-order valence-corrected chi connectivity index (χ3v) is 6.58. The zero-order valence-electron chi connectivity index (χ0n) is 20.0. The van der Waals surface area contributed by atoms with E-state index < -0.39 is 45.2 Å². The highest BCUT2D eigenvalue weighted by Gasteiger charge is 2.30. The average Bonchev–Trinajstić information content (AvgIpc) is 2.80. The minimum Gasteiger partial charge on any atom is -0.352 e. The lowest BCUT2D eigenvalue weighted by atomic mass is 10.1. The van der Waals surface area contributed by atoms with Crippen LogP contribution in [0.15, 0.2) is 48.5 Å². The zero-order chi connectivity index (χ0) is 26.3. The number of nitro groups is 1. The van der Waals surface area contributed by atoms with Crippen LogP contribution in [-0.2, 0) is 26.2 Å². The molecule has 0 spiro atoms. The highest BCUT2D eigenvalue weighted by atomic mass is 32.2. The molecule has 2 aromatic rings. The van der Waals surface area contributed by atoms with E-state index in [2.05, 4.69) is 5.32 Å². The summed E-state index contributed by atoms with van der Waals surface area (Å²) in [7, 11) is -4.02. The SMILES string of the molecule is CCC(C)NC(=O)C(C)N(Cc1ccc(F)cc1)C(=O)CN(c1cccc([N+](=O)[O-])c1)S(C)(=O)=O. The summed E-state index contributed by atoms with van der Waals surface area (Å²) in [5, 5.41) is 13.9. The quantitative estimate of drug-likeness (QED) is 0.367. The van der Waals surface area contributed by atoms with Crippen molar-refractivity contribution in [2.45, 2.75) is 45.8 Å². The molecule has 2 atom stereocenters. The van der Waals surface area contributed by atoms with E-state index in [1.54, 1.807) is 0 Å². The summed E-state index contributed by atoms with van der Waals surface area (Å²) in [6.45, 7) is 4.44.